The number of hydrogen-bond donors (Lipinski definition) is 2. The number of imidazole rings is 1. The van der Waals surface area contributed by atoms with Crippen LogP contribution in [-0.2, 0) is 11.3 Å². The van der Waals surface area contributed by atoms with Crippen LogP contribution in [0.2, 0.25) is 0 Å². The van der Waals surface area contributed by atoms with Gasteiger partial charge in [-0.25, -0.2) is 14.2 Å². The highest BCUT2D eigenvalue weighted by Gasteiger charge is 2.24. The van der Waals surface area contributed by atoms with E-state index in [-0.39, 0.29) is 41.9 Å². The van der Waals surface area contributed by atoms with Crippen LogP contribution in [0.5, 0.6) is 0 Å². The minimum Gasteiger partial charge on any atom is -0.450 e. The van der Waals surface area contributed by atoms with Gasteiger partial charge in [0.1, 0.15) is 5.82 Å². The lowest BCUT2D eigenvalue weighted by atomic mass is 10.1. The van der Waals surface area contributed by atoms with Crippen molar-refractivity contribution in [1.29, 1.82) is 0 Å². The van der Waals surface area contributed by atoms with E-state index in [1.54, 1.807) is 48.2 Å². The second kappa shape index (κ2) is 11.7. The average molecular weight is 530 g/mol. The van der Waals surface area contributed by atoms with Gasteiger partial charge >= 0.3 is 6.09 Å². The summed E-state index contributed by atoms with van der Waals surface area (Å²) in [5.41, 5.74) is 1.27. The van der Waals surface area contributed by atoms with Crippen LogP contribution < -0.4 is 10.6 Å². The number of aromatic nitrogens is 2. The molecule has 1 aliphatic rings. The van der Waals surface area contributed by atoms with E-state index in [2.05, 4.69) is 20.6 Å². The number of hydrogen-bond acceptors (Lipinski definition) is 4. The Bertz CT molecular complexity index is 838. The lowest BCUT2D eigenvalue weighted by Crippen LogP contribution is -2.49. The number of carbonyl (C=O) groups is 1. The maximum atomic E-state index is 14.4. The van der Waals surface area contributed by atoms with Crippen molar-refractivity contribution in [2.75, 3.05) is 26.7 Å². The average Bonchev–Trinajstić information content (AvgIpc) is 3.26. The van der Waals surface area contributed by atoms with Crippen LogP contribution in [-0.4, -0.2) is 59.3 Å². The fourth-order valence-corrected chi connectivity index (χ4v) is 3.27. The molecule has 30 heavy (non-hydrogen) atoms. The third kappa shape index (κ3) is 6.31. The molecule has 0 saturated carbocycles. The Balaban J connectivity index is 0.00000320. The van der Waals surface area contributed by atoms with Crippen LogP contribution in [0.4, 0.5) is 9.18 Å². The Labute approximate surface area is 192 Å². The van der Waals surface area contributed by atoms with Crippen molar-refractivity contribution in [2.24, 2.45) is 4.99 Å². The Morgan fingerprint density at radius 3 is 2.73 bits per heavy atom. The van der Waals surface area contributed by atoms with Gasteiger partial charge in [0, 0.05) is 45.1 Å². The minimum absolute atomic E-state index is 0. The fraction of sp³-hybridized carbons (Fsp3) is 0.450. The molecule has 0 radical (unpaired) electrons. The maximum Gasteiger partial charge on any atom is 0.409 e. The number of guanidine groups is 1. The summed E-state index contributed by atoms with van der Waals surface area (Å²) in [7, 11) is 1.70. The zero-order valence-electron chi connectivity index (χ0n) is 17.2. The highest BCUT2D eigenvalue weighted by molar-refractivity contribution is 14.0. The molecule has 2 N–H and O–H groups in total. The molecule has 0 bridgehead atoms. The van der Waals surface area contributed by atoms with E-state index in [1.807, 2.05) is 6.07 Å². The molecule has 1 fully saturated rings. The van der Waals surface area contributed by atoms with Crippen molar-refractivity contribution in [2.45, 2.75) is 32.4 Å². The number of piperidine rings is 1. The molecule has 3 rings (SSSR count). The van der Waals surface area contributed by atoms with Crippen LogP contribution in [0.25, 0.3) is 5.69 Å². The Morgan fingerprint density at radius 1 is 1.37 bits per heavy atom. The number of likely N-dealkylation sites (tertiary alicyclic amines) is 1. The van der Waals surface area contributed by atoms with Crippen molar-refractivity contribution < 1.29 is 13.9 Å². The lowest BCUT2D eigenvalue weighted by molar-refractivity contribution is 0.0963. The first-order chi connectivity index (χ1) is 14.1. The molecule has 164 valence electrons. The summed E-state index contributed by atoms with van der Waals surface area (Å²) >= 11 is 0. The highest BCUT2D eigenvalue weighted by Crippen LogP contribution is 2.15. The second-order valence-corrected chi connectivity index (χ2v) is 6.79. The van der Waals surface area contributed by atoms with E-state index in [1.165, 1.54) is 6.07 Å². The predicted molar refractivity (Wildman–Crippen MR) is 124 cm³/mol. The van der Waals surface area contributed by atoms with Gasteiger partial charge in [0.25, 0.3) is 0 Å². The maximum absolute atomic E-state index is 14.4. The van der Waals surface area contributed by atoms with E-state index >= 15 is 0 Å². The van der Waals surface area contributed by atoms with E-state index < -0.39 is 0 Å². The predicted octanol–water partition coefficient (Wildman–Crippen LogP) is 2.92. The molecular weight excluding hydrogens is 502 g/mol. The first kappa shape index (κ1) is 23.9. The summed E-state index contributed by atoms with van der Waals surface area (Å²) in [6, 6.07) is 5.33. The fourth-order valence-electron chi connectivity index (χ4n) is 3.27. The van der Waals surface area contributed by atoms with Gasteiger partial charge < -0.3 is 24.8 Å². The molecular formula is C20H28FIN6O2. The summed E-state index contributed by atoms with van der Waals surface area (Å²) in [4.78, 5) is 21.7. The van der Waals surface area contributed by atoms with Crippen LogP contribution in [0.3, 0.4) is 0 Å². The zero-order valence-corrected chi connectivity index (χ0v) is 19.5. The summed E-state index contributed by atoms with van der Waals surface area (Å²) in [5, 5.41) is 6.59. The number of halogens is 2. The summed E-state index contributed by atoms with van der Waals surface area (Å²) < 4.78 is 21.1. The smallest absolute Gasteiger partial charge is 0.409 e. The van der Waals surface area contributed by atoms with Crippen LogP contribution >= 0.6 is 24.0 Å². The zero-order chi connectivity index (χ0) is 20.6. The van der Waals surface area contributed by atoms with Gasteiger partial charge in [-0.15, -0.1) is 24.0 Å². The van der Waals surface area contributed by atoms with Gasteiger partial charge in [0.15, 0.2) is 5.96 Å². The number of benzene rings is 1. The first-order valence-electron chi connectivity index (χ1n) is 9.76. The van der Waals surface area contributed by atoms with Gasteiger partial charge in [-0.1, -0.05) is 6.07 Å². The largest absolute Gasteiger partial charge is 0.450 e. The van der Waals surface area contributed by atoms with Crippen molar-refractivity contribution >= 4 is 36.0 Å². The molecule has 1 aromatic carbocycles. The SMILES string of the molecule is CCOC(=O)N1CCC(NC(=NC)NCc2ccc(-n3ccnc3)c(F)c2)CC1.I. The third-order valence-electron chi connectivity index (χ3n) is 4.84. The number of nitrogens with zero attached hydrogens (tertiary/aromatic N) is 4. The monoisotopic (exact) mass is 530 g/mol. The van der Waals surface area contributed by atoms with E-state index in [0.29, 0.717) is 37.9 Å². The summed E-state index contributed by atoms with van der Waals surface area (Å²) in [6.07, 6.45) is 6.25. The molecule has 0 atom stereocenters. The number of amides is 1. The Morgan fingerprint density at radius 2 is 2.13 bits per heavy atom. The summed E-state index contributed by atoms with van der Waals surface area (Å²) in [5.74, 6) is 0.343. The molecule has 0 aliphatic carbocycles. The second-order valence-electron chi connectivity index (χ2n) is 6.79. The Hall–Kier alpha value is -2.37. The Kier molecular flexibility index (Phi) is 9.34. The third-order valence-corrected chi connectivity index (χ3v) is 4.84. The van der Waals surface area contributed by atoms with E-state index in [9.17, 15) is 9.18 Å². The van der Waals surface area contributed by atoms with Crippen LogP contribution in [0, 0.1) is 5.82 Å². The molecule has 1 aromatic heterocycles. The normalized spacial score (nSPS) is 14.8. The number of aliphatic imine (C=N–C) groups is 1. The van der Waals surface area contributed by atoms with Crippen molar-refractivity contribution in [3.8, 4) is 5.69 Å². The molecule has 2 aromatic rings. The van der Waals surface area contributed by atoms with Crippen molar-refractivity contribution in [1.82, 2.24) is 25.1 Å². The van der Waals surface area contributed by atoms with E-state index in [0.717, 1.165) is 18.4 Å². The van der Waals surface area contributed by atoms with Crippen LogP contribution in [0.1, 0.15) is 25.3 Å². The first-order valence-corrected chi connectivity index (χ1v) is 9.76. The van der Waals surface area contributed by atoms with Crippen molar-refractivity contribution in [3.63, 3.8) is 0 Å². The molecule has 0 spiro atoms. The van der Waals surface area contributed by atoms with Crippen molar-refractivity contribution in [3.05, 3.63) is 48.3 Å². The molecule has 1 aliphatic heterocycles. The molecule has 10 heteroatoms. The standard InChI is InChI=1S/C20H27FN6O2.HI/c1-3-29-20(28)26-9-6-16(7-10-26)25-19(22-2)24-13-15-4-5-18(17(21)12-15)27-11-8-23-14-27;/h4-5,8,11-12,14,16H,3,6-7,9-10,13H2,1-2H3,(H2,22,24,25);1H. The van der Waals surface area contributed by atoms with Gasteiger partial charge in [0.2, 0.25) is 0 Å². The molecule has 1 saturated heterocycles. The number of carbonyl (C=O) groups excluding carboxylic acids is 1. The van der Waals surface area contributed by atoms with Gasteiger partial charge in [-0.2, -0.15) is 0 Å². The number of ether oxygens (including phenoxy) is 1. The number of rotatable bonds is 5. The molecule has 8 nitrogen and oxygen atoms in total. The van der Waals surface area contributed by atoms with Gasteiger partial charge in [-0.3, -0.25) is 4.99 Å². The molecule has 0 unspecified atom stereocenters. The highest BCUT2D eigenvalue weighted by atomic mass is 127. The topological polar surface area (TPSA) is 83.8 Å². The van der Waals surface area contributed by atoms with Gasteiger partial charge in [0.05, 0.1) is 18.6 Å². The quantitative estimate of drug-likeness (QED) is 0.353. The lowest BCUT2D eigenvalue weighted by Gasteiger charge is -2.32. The molecule has 1 amide bonds. The van der Waals surface area contributed by atoms with Crippen LogP contribution in [0.15, 0.2) is 41.9 Å². The van der Waals surface area contributed by atoms with Gasteiger partial charge in [-0.05, 0) is 37.5 Å². The summed E-state index contributed by atoms with van der Waals surface area (Å²) in [6.45, 7) is 3.93. The minimum atomic E-state index is -0.309. The molecule has 2 heterocycles. The number of nitrogens with one attached hydrogen (secondary N) is 2. The van der Waals surface area contributed by atoms with E-state index in [4.69, 9.17) is 4.74 Å².